The first-order valence-corrected chi connectivity index (χ1v) is 11.4. The van der Waals surface area contributed by atoms with Crippen molar-refractivity contribution in [3.63, 3.8) is 0 Å². The molecular formula is C24H26N2O3S2. The first-order valence-electron chi connectivity index (χ1n) is 10.2. The molecule has 7 heteroatoms. The van der Waals surface area contributed by atoms with Crippen LogP contribution in [0.25, 0.3) is 10.4 Å². The van der Waals surface area contributed by atoms with Crippen LogP contribution in [0.1, 0.15) is 42.7 Å². The average Bonchev–Trinajstić information content (AvgIpc) is 3.19. The van der Waals surface area contributed by atoms with E-state index in [2.05, 4.69) is 10.6 Å². The van der Waals surface area contributed by atoms with E-state index in [9.17, 15) is 4.79 Å². The minimum atomic E-state index is -0.370. The van der Waals surface area contributed by atoms with Crippen molar-refractivity contribution < 1.29 is 14.3 Å². The van der Waals surface area contributed by atoms with Gasteiger partial charge in [-0.25, -0.2) is 4.79 Å². The lowest BCUT2D eigenvalue weighted by atomic mass is 10.1. The number of carbonyl (C=O) groups is 1. The van der Waals surface area contributed by atoms with Gasteiger partial charge in [-0.15, -0.1) is 11.3 Å². The van der Waals surface area contributed by atoms with Crippen LogP contribution in [0.5, 0.6) is 5.75 Å². The second-order valence-corrected chi connectivity index (χ2v) is 8.22. The molecule has 0 fully saturated rings. The van der Waals surface area contributed by atoms with Crippen molar-refractivity contribution in [3.05, 3.63) is 71.8 Å². The molecule has 0 saturated heterocycles. The van der Waals surface area contributed by atoms with Crippen LogP contribution in [0.3, 0.4) is 0 Å². The molecule has 2 N–H and O–H groups in total. The van der Waals surface area contributed by atoms with Crippen molar-refractivity contribution in [1.29, 1.82) is 0 Å². The number of anilines is 1. The summed E-state index contributed by atoms with van der Waals surface area (Å²) in [7, 11) is 0. The van der Waals surface area contributed by atoms with Crippen LogP contribution in [0.4, 0.5) is 5.00 Å². The normalized spacial score (nSPS) is 11.5. The molecule has 1 heterocycles. The highest BCUT2D eigenvalue weighted by Crippen LogP contribution is 2.36. The van der Waals surface area contributed by atoms with Gasteiger partial charge in [-0.05, 0) is 62.3 Å². The van der Waals surface area contributed by atoms with Crippen LogP contribution in [-0.2, 0) is 4.74 Å². The van der Waals surface area contributed by atoms with Gasteiger partial charge in [-0.1, -0.05) is 42.5 Å². The highest BCUT2D eigenvalue weighted by molar-refractivity contribution is 7.80. The van der Waals surface area contributed by atoms with Gasteiger partial charge in [0.05, 0.1) is 24.8 Å². The summed E-state index contributed by atoms with van der Waals surface area (Å²) in [5.74, 6) is 0.469. The van der Waals surface area contributed by atoms with Gasteiger partial charge in [0.15, 0.2) is 5.11 Å². The number of carbonyl (C=O) groups excluding carboxylic acids is 1. The lowest BCUT2D eigenvalue weighted by Crippen LogP contribution is -2.31. The average molecular weight is 455 g/mol. The summed E-state index contributed by atoms with van der Waals surface area (Å²) in [6, 6.07) is 19.6. The van der Waals surface area contributed by atoms with Gasteiger partial charge in [0.2, 0.25) is 0 Å². The van der Waals surface area contributed by atoms with Crippen molar-refractivity contribution in [1.82, 2.24) is 5.32 Å². The van der Waals surface area contributed by atoms with Crippen molar-refractivity contribution >= 4 is 39.6 Å². The Morgan fingerprint density at radius 3 is 2.42 bits per heavy atom. The van der Waals surface area contributed by atoms with E-state index in [1.54, 1.807) is 6.92 Å². The molecule has 0 aliphatic rings. The maximum Gasteiger partial charge on any atom is 0.341 e. The van der Waals surface area contributed by atoms with Gasteiger partial charge in [0.1, 0.15) is 10.8 Å². The summed E-state index contributed by atoms with van der Waals surface area (Å²) >= 11 is 6.99. The smallest absolute Gasteiger partial charge is 0.341 e. The Kier molecular flexibility index (Phi) is 8.03. The Morgan fingerprint density at radius 1 is 1.06 bits per heavy atom. The summed E-state index contributed by atoms with van der Waals surface area (Å²) < 4.78 is 10.7. The summed E-state index contributed by atoms with van der Waals surface area (Å²) in [6.07, 6.45) is 0. The quantitative estimate of drug-likeness (QED) is 0.320. The molecule has 0 amide bonds. The first kappa shape index (κ1) is 22.8. The van der Waals surface area contributed by atoms with E-state index < -0.39 is 0 Å². The second kappa shape index (κ2) is 10.9. The summed E-state index contributed by atoms with van der Waals surface area (Å²) in [4.78, 5) is 13.5. The molecule has 0 aliphatic carbocycles. The van der Waals surface area contributed by atoms with Crippen LogP contribution in [0.2, 0.25) is 0 Å². The molecule has 3 rings (SSSR count). The molecule has 2 aromatic carbocycles. The first-order chi connectivity index (χ1) is 15.0. The van der Waals surface area contributed by atoms with E-state index in [0.717, 1.165) is 21.8 Å². The van der Waals surface area contributed by atoms with E-state index in [0.29, 0.717) is 28.9 Å². The van der Waals surface area contributed by atoms with Crippen LogP contribution in [-0.4, -0.2) is 24.3 Å². The van der Waals surface area contributed by atoms with E-state index in [-0.39, 0.29) is 12.0 Å². The van der Waals surface area contributed by atoms with E-state index in [4.69, 9.17) is 21.7 Å². The fourth-order valence-corrected chi connectivity index (χ4v) is 4.43. The zero-order valence-corrected chi connectivity index (χ0v) is 19.4. The third kappa shape index (κ3) is 6.06. The number of hydrogen-bond donors (Lipinski definition) is 2. The number of esters is 1. The molecule has 0 spiro atoms. The Morgan fingerprint density at radius 2 is 1.77 bits per heavy atom. The van der Waals surface area contributed by atoms with Crippen LogP contribution < -0.4 is 15.4 Å². The topological polar surface area (TPSA) is 59.6 Å². The monoisotopic (exact) mass is 454 g/mol. The van der Waals surface area contributed by atoms with Crippen LogP contribution >= 0.6 is 23.6 Å². The molecule has 1 unspecified atom stereocenters. The Hall–Kier alpha value is -2.90. The highest BCUT2D eigenvalue weighted by Gasteiger charge is 2.19. The largest absolute Gasteiger partial charge is 0.494 e. The Labute approximate surface area is 192 Å². The second-order valence-electron chi connectivity index (χ2n) is 6.76. The molecule has 1 atom stereocenters. The van der Waals surface area contributed by atoms with Crippen molar-refractivity contribution in [2.75, 3.05) is 18.5 Å². The van der Waals surface area contributed by atoms with Gasteiger partial charge in [-0.2, -0.15) is 0 Å². The van der Waals surface area contributed by atoms with Gasteiger partial charge in [0, 0.05) is 4.88 Å². The third-order valence-electron chi connectivity index (χ3n) is 4.55. The number of ether oxygens (including phenoxy) is 2. The summed E-state index contributed by atoms with van der Waals surface area (Å²) in [5, 5.41) is 7.56. The number of hydrogen-bond acceptors (Lipinski definition) is 5. The molecule has 5 nitrogen and oxygen atoms in total. The molecular weight excluding hydrogens is 428 g/mol. The van der Waals surface area contributed by atoms with Crippen molar-refractivity contribution in [2.45, 2.75) is 26.8 Å². The lowest BCUT2D eigenvalue weighted by Gasteiger charge is -2.17. The molecule has 0 saturated carbocycles. The van der Waals surface area contributed by atoms with E-state index >= 15 is 0 Å². The number of thiophene rings is 1. The third-order valence-corrected chi connectivity index (χ3v) is 5.87. The predicted octanol–water partition coefficient (Wildman–Crippen LogP) is 6.04. The zero-order chi connectivity index (χ0) is 22.2. The summed E-state index contributed by atoms with van der Waals surface area (Å²) in [6.45, 7) is 6.72. The maximum atomic E-state index is 12.5. The van der Waals surface area contributed by atoms with Crippen molar-refractivity contribution in [3.8, 4) is 16.2 Å². The number of thiocarbonyl (C=S) groups is 1. The highest BCUT2D eigenvalue weighted by atomic mass is 32.1. The zero-order valence-electron chi connectivity index (χ0n) is 17.8. The van der Waals surface area contributed by atoms with Crippen LogP contribution in [0.15, 0.2) is 60.7 Å². The van der Waals surface area contributed by atoms with E-state index in [1.165, 1.54) is 11.3 Å². The van der Waals surface area contributed by atoms with Crippen LogP contribution in [0, 0.1) is 0 Å². The molecule has 0 radical (unpaired) electrons. The molecule has 31 heavy (non-hydrogen) atoms. The lowest BCUT2D eigenvalue weighted by molar-refractivity contribution is 0.0528. The van der Waals surface area contributed by atoms with Crippen molar-refractivity contribution in [2.24, 2.45) is 0 Å². The SMILES string of the molecule is CCOC(=O)c1cc(-c2ccccc2)sc1NC(=S)NC(C)c1ccc(OCC)cc1. The molecule has 3 aromatic rings. The minimum absolute atomic E-state index is 0.0183. The molecule has 0 aliphatic heterocycles. The fourth-order valence-electron chi connectivity index (χ4n) is 3.03. The van der Waals surface area contributed by atoms with Gasteiger partial charge >= 0.3 is 5.97 Å². The van der Waals surface area contributed by atoms with Gasteiger partial charge < -0.3 is 20.1 Å². The molecule has 0 bridgehead atoms. The van der Waals surface area contributed by atoms with Gasteiger partial charge in [0.25, 0.3) is 0 Å². The minimum Gasteiger partial charge on any atom is -0.494 e. The van der Waals surface area contributed by atoms with Gasteiger partial charge in [-0.3, -0.25) is 0 Å². The molecule has 162 valence electrons. The maximum absolute atomic E-state index is 12.5. The van der Waals surface area contributed by atoms with E-state index in [1.807, 2.05) is 74.5 Å². The predicted molar refractivity (Wildman–Crippen MR) is 131 cm³/mol. The standard InChI is InChI=1S/C24H26N2O3S2/c1-4-28-19-13-11-17(12-14-19)16(3)25-24(30)26-22-20(23(27)29-5-2)15-21(31-22)18-9-7-6-8-10-18/h6-16H,4-5H2,1-3H3,(H2,25,26,30). The molecule has 1 aromatic heterocycles. The Bertz CT molecular complexity index is 1020. The summed E-state index contributed by atoms with van der Waals surface area (Å²) in [5.41, 5.74) is 2.59. The number of benzene rings is 2. The fraction of sp³-hybridized carbons (Fsp3) is 0.250. The number of nitrogens with one attached hydrogen (secondary N) is 2. The Balaban J connectivity index is 1.74. The number of rotatable bonds is 8.